The summed E-state index contributed by atoms with van der Waals surface area (Å²) < 4.78 is 0. The molecule has 0 saturated heterocycles. The lowest BCUT2D eigenvalue weighted by Crippen LogP contribution is -2.44. The second-order valence-electron chi connectivity index (χ2n) is 7.93. The number of hydrogen-bond acceptors (Lipinski definition) is 9. The van der Waals surface area contributed by atoms with E-state index in [1.165, 1.54) is 6.07 Å². The summed E-state index contributed by atoms with van der Waals surface area (Å²) in [4.78, 5) is 38.5. The molecule has 0 amide bonds. The number of benzene rings is 2. The van der Waals surface area contributed by atoms with Crippen molar-refractivity contribution in [1.82, 2.24) is 0 Å². The van der Waals surface area contributed by atoms with Gasteiger partial charge in [0, 0.05) is 48.3 Å². The van der Waals surface area contributed by atoms with Gasteiger partial charge >= 0.3 is 0 Å². The summed E-state index contributed by atoms with van der Waals surface area (Å²) in [7, 11) is 0. The predicted octanol–water partition coefficient (Wildman–Crippen LogP) is 0.543. The number of carbonyl (C=O) groups excluding carboxylic acids is 3. The fourth-order valence-electron chi connectivity index (χ4n) is 4.43. The summed E-state index contributed by atoms with van der Waals surface area (Å²) in [6, 6.07) is 4.60. The summed E-state index contributed by atoms with van der Waals surface area (Å²) in [5.74, 6) is -3.29. The highest BCUT2D eigenvalue weighted by Crippen LogP contribution is 2.50. The molecule has 0 fully saturated rings. The van der Waals surface area contributed by atoms with E-state index < -0.39 is 64.5 Å². The molecule has 0 unspecified atom stereocenters. The van der Waals surface area contributed by atoms with Crippen LogP contribution in [0.4, 0.5) is 5.69 Å². The number of Topliss-reactive ketones (excluding diaryl/α,β-unsaturated/α-hetero) is 1. The first kappa shape index (κ1) is 21.0. The van der Waals surface area contributed by atoms with Crippen molar-refractivity contribution >= 4 is 23.0 Å². The van der Waals surface area contributed by atoms with Crippen molar-refractivity contribution in [2.45, 2.75) is 31.5 Å². The number of fused-ring (bicyclic) bond motifs is 3. The Bertz CT molecular complexity index is 1160. The molecule has 0 saturated carbocycles. The number of aliphatic hydroxyl groups excluding tert-OH is 1. The molecule has 0 aliphatic heterocycles. The van der Waals surface area contributed by atoms with E-state index in [2.05, 4.69) is 5.32 Å². The van der Waals surface area contributed by atoms with Crippen LogP contribution in [0.3, 0.4) is 0 Å². The Morgan fingerprint density at radius 3 is 2.48 bits per heavy atom. The van der Waals surface area contributed by atoms with Gasteiger partial charge in [0.25, 0.3) is 0 Å². The van der Waals surface area contributed by atoms with E-state index in [0.717, 1.165) is 6.92 Å². The topological polar surface area (TPSA) is 170 Å². The van der Waals surface area contributed by atoms with Crippen molar-refractivity contribution in [2.24, 2.45) is 5.73 Å². The first-order valence-corrected chi connectivity index (χ1v) is 9.80. The third-order valence-electron chi connectivity index (χ3n) is 6.03. The lowest BCUT2D eigenvalue weighted by molar-refractivity contribution is -0.139. The highest BCUT2D eigenvalue weighted by molar-refractivity contribution is 6.32. The van der Waals surface area contributed by atoms with Gasteiger partial charge in [-0.25, -0.2) is 0 Å². The Labute approximate surface area is 177 Å². The molecule has 9 nitrogen and oxygen atoms in total. The van der Waals surface area contributed by atoms with E-state index in [1.807, 2.05) is 0 Å². The van der Waals surface area contributed by atoms with Gasteiger partial charge in [-0.05, 0) is 13.0 Å². The van der Waals surface area contributed by atoms with Crippen LogP contribution in [0.2, 0.25) is 0 Å². The Kier molecular flexibility index (Phi) is 4.84. The fraction of sp³-hybridized carbons (Fsp3) is 0.318. The summed E-state index contributed by atoms with van der Waals surface area (Å²) >= 11 is 0. The first-order chi connectivity index (χ1) is 14.6. The maximum Gasteiger partial charge on any atom is 0.200 e. The molecule has 162 valence electrons. The SMILES string of the molecule is CC(=O)[C@]1(O)Cc2c(O)c3c(c(O)c2[C@@H](O)C1)C(=O)c1c(NCCN)cccc1C3=O. The molecule has 0 heterocycles. The van der Waals surface area contributed by atoms with Crippen molar-refractivity contribution in [3.63, 3.8) is 0 Å². The van der Waals surface area contributed by atoms with Gasteiger partial charge in [0.15, 0.2) is 17.3 Å². The van der Waals surface area contributed by atoms with Crippen LogP contribution in [-0.4, -0.2) is 56.5 Å². The second-order valence-corrected chi connectivity index (χ2v) is 7.93. The molecule has 2 aliphatic carbocycles. The average molecular weight is 426 g/mol. The van der Waals surface area contributed by atoms with Crippen LogP contribution in [0.25, 0.3) is 0 Å². The van der Waals surface area contributed by atoms with Crippen molar-refractivity contribution in [3.8, 4) is 11.5 Å². The number of nitrogens with two attached hydrogens (primary N) is 1. The minimum atomic E-state index is -1.97. The number of ketones is 3. The van der Waals surface area contributed by atoms with Gasteiger partial charge in [0.2, 0.25) is 0 Å². The zero-order valence-electron chi connectivity index (χ0n) is 16.7. The molecule has 2 aromatic carbocycles. The van der Waals surface area contributed by atoms with Crippen LogP contribution < -0.4 is 11.1 Å². The number of aliphatic hydroxyl groups is 2. The molecule has 0 spiro atoms. The van der Waals surface area contributed by atoms with Crippen LogP contribution in [-0.2, 0) is 11.2 Å². The highest BCUT2D eigenvalue weighted by atomic mass is 16.3. The number of hydrogen-bond donors (Lipinski definition) is 6. The molecule has 31 heavy (non-hydrogen) atoms. The number of aromatic hydroxyl groups is 2. The average Bonchev–Trinajstić information content (AvgIpc) is 2.72. The number of nitrogens with one attached hydrogen (secondary N) is 1. The quantitative estimate of drug-likeness (QED) is 0.326. The molecule has 2 aliphatic rings. The summed E-state index contributed by atoms with van der Waals surface area (Å²) in [6.45, 7) is 1.77. The fourth-order valence-corrected chi connectivity index (χ4v) is 4.43. The van der Waals surface area contributed by atoms with E-state index in [-0.39, 0.29) is 28.8 Å². The van der Waals surface area contributed by atoms with E-state index in [1.54, 1.807) is 12.1 Å². The number of phenolic OH excluding ortho intramolecular Hbond substituents is 2. The van der Waals surface area contributed by atoms with Crippen molar-refractivity contribution in [2.75, 3.05) is 18.4 Å². The van der Waals surface area contributed by atoms with Gasteiger partial charge in [-0.1, -0.05) is 12.1 Å². The zero-order chi connectivity index (χ0) is 22.7. The summed E-state index contributed by atoms with van der Waals surface area (Å²) in [5.41, 5.74) is 2.84. The molecule has 0 aromatic heterocycles. The number of carbonyl (C=O) groups is 3. The number of anilines is 1. The number of rotatable bonds is 4. The zero-order valence-corrected chi connectivity index (χ0v) is 16.7. The normalized spacial score (nSPS) is 21.9. The second kappa shape index (κ2) is 7.16. The molecule has 2 aromatic rings. The molecule has 0 bridgehead atoms. The van der Waals surface area contributed by atoms with Crippen molar-refractivity contribution in [3.05, 3.63) is 51.6 Å². The van der Waals surface area contributed by atoms with Crippen LogP contribution in [0.15, 0.2) is 18.2 Å². The summed E-state index contributed by atoms with van der Waals surface area (Å²) in [6.07, 6.45) is -2.35. The standard InChI is InChI=1S/C22H22N2O7/c1-9(25)22(31)7-11-15(13(26)8-22)21(30)17-16(19(11)28)18(27)10-3-2-4-12(24-6-5-23)14(10)20(17)29/h2-4,13,24,26,28,30-31H,5-8,23H2,1H3/t13-,22-/m0/s1. The van der Waals surface area contributed by atoms with Gasteiger partial charge in [0.1, 0.15) is 17.1 Å². The smallest absolute Gasteiger partial charge is 0.200 e. The van der Waals surface area contributed by atoms with Crippen LogP contribution in [0, 0.1) is 0 Å². The van der Waals surface area contributed by atoms with Crippen molar-refractivity contribution in [1.29, 1.82) is 0 Å². The van der Waals surface area contributed by atoms with E-state index in [4.69, 9.17) is 5.73 Å². The Balaban J connectivity index is 1.97. The largest absolute Gasteiger partial charge is 0.507 e. The van der Waals surface area contributed by atoms with E-state index in [9.17, 15) is 34.8 Å². The maximum atomic E-state index is 13.4. The van der Waals surface area contributed by atoms with Gasteiger partial charge < -0.3 is 31.5 Å². The van der Waals surface area contributed by atoms with Gasteiger partial charge in [0.05, 0.1) is 22.8 Å². The first-order valence-electron chi connectivity index (χ1n) is 9.80. The Morgan fingerprint density at radius 1 is 1.16 bits per heavy atom. The molecular weight excluding hydrogens is 404 g/mol. The third-order valence-corrected chi connectivity index (χ3v) is 6.03. The lowest BCUT2D eigenvalue weighted by atomic mass is 9.72. The maximum absolute atomic E-state index is 13.4. The Morgan fingerprint density at radius 2 is 1.84 bits per heavy atom. The van der Waals surface area contributed by atoms with Crippen molar-refractivity contribution < 1.29 is 34.8 Å². The minimum Gasteiger partial charge on any atom is -0.507 e. The van der Waals surface area contributed by atoms with Gasteiger partial charge in [-0.15, -0.1) is 0 Å². The Hall–Kier alpha value is -3.27. The molecule has 0 radical (unpaired) electrons. The monoisotopic (exact) mass is 426 g/mol. The highest BCUT2D eigenvalue weighted by Gasteiger charge is 2.47. The lowest BCUT2D eigenvalue weighted by Gasteiger charge is -2.36. The molecule has 4 rings (SSSR count). The van der Waals surface area contributed by atoms with Crippen LogP contribution >= 0.6 is 0 Å². The minimum absolute atomic E-state index is 0.0346. The predicted molar refractivity (Wildman–Crippen MR) is 110 cm³/mol. The van der Waals surface area contributed by atoms with Gasteiger partial charge in [-0.3, -0.25) is 14.4 Å². The molecule has 9 heteroatoms. The van der Waals surface area contributed by atoms with Crippen LogP contribution in [0.1, 0.15) is 62.4 Å². The van der Waals surface area contributed by atoms with E-state index in [0.29, 0.717) is 12.2 Å². The van der Waals surface area contributed by atoms with Crippen LogP contribution in [0.5, 0.6) is 11.5 Å². The molecule has 2 atom stereocenters. The summed E-state index contributed by atoms with van der Waals surface area (Å²) in [5, 5.41) is 46.0. The molecule has 7 N–H and O–H groups in total. The molecular formula is C22H22N2O7. The van der Waals surface area contributed by atoms with E-state index >= 15 is 0 Å². The number of phenols is 2. The van der Waals surface area contributed by atoms with Gasteiger partial charge in [-0.2, -0.15) is 0 Å². The third kappa shape index (κ3) is 2.93.